The normalized spacial score (nSPS) is 26.3. The number of benzene rings is 1. The predicted octanol–water partition coefficient (Wildman–Crippen LogP) is 1.74. The molecule has 18 heavy (non-hydrogen) atoms. The summed E-state index contributed by atoms with van der Waals surface area (Å²) in [7, 11) is 2.00. The highest BCUT2D eigenvalue weighted by Crippen LogP contribution is 2.42. The zero-order chi connectivity index (χ0) is 12.9. The monoisotopic (exact) mass is 252 g/mol. The summed E-state index contributed by atoms with van der Waals surface area (Å²) < 4.78 is 19.4. The highest BCUT2D eigenvalue weighted by atomic mass is 19.1. The minimum Gasteiger partial charge on any atom is -0.485 e. The molecule has 1 unspecified atom stereocenters. The van der Waals surface area contributed by atoms with Gasteiger partial charge in [-0.25, -0.2) is 0 Å². The molecule has 0 aromatic heterocycles. The molecule has 96 valence electrons. The van der Waals surface area contributed by atoms with Crippen LogP contribution in [-0.2, 0) is 6.42 Å². The van der Waals surface area contributed by atoms with Crippen molar-refractivity contribution in [3.63, 3.8) is 0 Å². The summed E-state index contributed by atoms with van der Waals surface area (Å²) in [5, 5.41) is 10.7. The van der Waals surface area contributed by atoms with Gasteiger partial charge in [-0.3, -0.25) is 10.1 Å². The fourth-order valence-corrected chi connectivity index (χ4v) is 2.85. The number of likely N-dealkylation sites (tertiary alicyclic amines) is 1. The van der Waals surface area contributed by atoms with Gasteiger partial charge < -0.3 is 9.64 Å². The van der Waals surface area contributed by atoms with Gasteiger partial charge in [0.25, 0.3) is 0 Å². The third-order valence-electron chi connectivity index (χ3n) is 3.67. The number of likely N-dealkylation sites (N-methyl/N-ethyl adjacent to an activating group) is 1. The van der Waals surface area contributed by atoms with Gasteiger partial charge >= 0.3 is 5.69 Å². The Bertz CT molecular complexity index is 534. The summed E-state index contributed by atoms with van der Waals surface area (Å²) >= 11 is 0. The van der Waals surface area contributed by atoms with E-state index < -0.39 is 16.4 Å². The highest BCUT2D eigenvalue weighted by Gasteiger charge is 2.44. The van der Waals surface area contributed by atoms with Crippen molar-refractivity contribution in [1.82, 2.24) is 4.90 Å². The van der Waals surface area contributed by atoms with Crippen LogP contribution < -0.4 is 4.74 Å². The highest BCUT2D eigenvalue weighted by molar-refractivity contribution is 5.48. The second-order valence-corrected chi connectivity index (χ2v) is 5.12. The Morgan fingerprint density at radius 3 is 2.94 bits per heavy atom. The standard InChI is InChI=1S/C12H13FN2O3/c1-14-3-2-12(7-14)6-8-4-10(15(16)17)9(13)5-11(8)18-12/h4-5H,2-3,6-7H2,1H3. The van der Waals surface area contributed by atoms with Gasteiger partial charge in [0.2, 0.25) is 5.82 Å². The Morgan fingerprint density at radius 1 is 1.56 bits per heavy atom. The number of nitrogens with zero attached hydrogens (tertiary/aromatic N) is 2. The molecule has 2 aliphatic heterocycles. The van der Waals surface area contributed by atoms with Gasteiger partial charge in [0.15, 0.2) is 0 Å². The molecule has 1 aromatic carbocycles. The van der Waals surface area contributed by atoms with Crippen molar-refractivity contribution in [2.45, 2.75) is 18.4 Å². The zero-order valence-electron chi connectivity index (χ0n) is 9.98. The molecule has 0 aliphatic carbocycles. The summed E-state index contributed by atoms with van der Waals surface area (Å²) in [5.41, 5.74) is -0.0576. The lowest BCUT2D eigenvalue weighted by Gasteiger charge is -2.22. The predicted molar refractivity (Wildman–Crippen MR) is 62.2 cm³/mol. The molecule has 0 radical (unpaired) electrons. The van der Waals surface area contributed by atoms with Crippen LogP contribution in [0, 0.1) is 15.9 Å². The van der Waals surface area contributed by atoms with E-state index in [2.05, 4.69) is 4.90 Å². The second-order valence-electron chi connectivity index (χ2n) is 5.12. The van der Waals surface area contributed by atoms with E-state index in [1.165, 1.54) is 6.07 Å². The van der Waals surface area contributed by atoms with Crippen molar-refractivity contribution in [3.05, 3.63) is 33.6 Å². The van der Waals surface area contributed by atoms with Crippen LogP contribution in [0.15, 0.2) is 12.1 Å². The summed E-state index contributed by atoms with van der Waals surface area (Å²) in [5.74, 6) is -0.379. The molecular formula is C12H13FN2O3. The van der Waals surface area contributed by atoms with Crippen molar-refractivity contribution in [2.75, 3.05) is 20.1 Å². The molecule has 5 nitrogen and oxygen atoms in total. The van der Waals surface area contributed by atoms with E-state index in [0.29, 0.717) is 12.2 Å². The van der Waals surface area contributed by atoms with Crippen molar-refractivity contribution >= 4 is 5.69 Å². The largest absolute Gasteiger partial charge is 0.485 e. The minimum absolute atomic E-state index is 0.321. The molecule has 2 heterocycles. The van der Waals surface area contributed by atoms with Crippen LogP contribution >= 0.6 is 0 Å². The summed E-state index contributed by atoms with van der Waals surface area (Å²) in [6.45, 7) is 1.70. The molecule has 1 saturated heterocycles. The van der Waals surface area contributed by atoms with Gasteiger partial charge in [0.1, 0.15) is 11.4 Å². The Morgan fingerprint density at radius 2 is 2.33 bits per heavy atom. The van der Waals surface area contributed by atoms with E-state index in [1.807, 2.05) is 7.05 Å². The number of nitro benzene ring substituents is 1. The number of halogens is 1. The first-order valence-corrected chi connectivity index (χ1v) is 5.83. The van der Waals surface area contributed by atoms with E-state index in [4.69, 9.17) is 4.74 Å². The fraction of sp³-hybridized carbons (Fsp3) is 0.500. The molecule has 3 rings (SSSR count). The maximum Gasteiger partial charge on any atom is 0.305 e. The number of nitro groups is 1. The lowest BCUT2D eigenvalue weighted by atomic mass is 9.96. The topological polar surface area (TPSA) is 55.6 Å². The Balaban J connectivity index is 1.96. The third-order valence-corrected chi connectivity index (χ3v) is 3.67. The lowest BCUT2D eigenvalue weighted by molar-refractivity contribution is -0.387. The van der Waals surface area contributed by atoms with E-state index in [1.54, 1.807) is 0 Å². The number of hydrogen-bond donors (Lipinski definition) is 0. The smallest absolute Gasteiger partial charge is 0.305 e. The van der Waals surface area contributed by atoms with Crippen LogP contribution in [0.25, 0.3) is 0 Å². The lowest BCUT2D eigenvalue weighted by Crippen LogP contribution is -2.36. The minimum atomic E-state index is -0.831. The van der Waals surface area contributed by atoms with Gasteiger partial charge in [0.05, 0.1) is 4.92 Å². The average Bonchev–Trinajstić information content (AvgIpc) is 2.80. The fourth-order valence-electron chi connectivity index (χ4n) is 2.85. The van der Waals surface area contributed by atoms with Crippen LogP contribution in [0.5, 0.6) is 5.75 Å². The molecule has 0 bridgehead atoms. The van der Waals surface area contributed by atoms with Gasteiger partial charge in [0, 0.05) is 43.6 Å². The molecule has 6 heteroatoms. The number of ether oxygens (including phenoxy) is 1. The number of fused-ring (bicyclic) bond motifs is 1. The summed E-state index contributed by atoms with van der Waals surface area (Å²) in [6.07, 6.45) is 1.49. The van der Waals surface area contributed by atoms with Gasteiger partial charge in [-0.15, -0.1) is 0 Å². The van der Waals surface area contributed by atoms with Crippen LogP contribution in [-0.4, -0.2) is 35.6 Å². The Kier molecular flexibility index (Phi) is 2.31. The van der Waals surface area contributed by atoms with Crippen molar-refractivity contribution in [1.29, 1.82) is 0 Å². The van der Waals surface area contributed by atoms with E-state index in [-0.39, 0.29) is 5.60 Å². The van der Waals surface area contributed by atoms with Crippen LogP contribution in [0.3, 0.4) is 0 Å². The van der Waals surface area contributed by atoms with Crippen LogP contribution in [0.2, 0.25) is 0 Å². The first kappa shape index (κ1) is 11.4. The molecule has 1 aromatic rings. The van der Waals surface area contributed by atoms with Gasteiger partial charge in [-0.2, -0.15) is 4.39 Å². The molecule has 0 saturated carbocycles. The van der Waals surface area contributed by atoms with Gasteiger partial charge in [-0.05, 0) is 7.05 Å². The third kappa shape index (κ3) is 1.64. The zero-order valence-corrected chi connectivity index (χ0v) is 9.98. The molecule has 2 aliphatic rings. The molecule has 1 spiro atoms. The molecule has 1 atom stereocenters. The van der Waals surface area contributed by atoms with Gasteiger partial charge in [-0.1, -0.05) is 0 Å². The van der Waals surface area contributed by atoms with Crippen molar-refractivity contribution in [3.8, 4) is 5.75 Å². The first-order chi connectivity index (χ1) is 8.49. The second kappa shape index (κ2) is 3.65. The maximum absolute atomic E-state index is 13.5. The summed E-state index contributed by atoms with van der Waals surface area (Å²) in [4.78, 5) is 12.2. The average molecular weight is 252 g/mol. The first-order valence-electron chi connectivity index (χ1n) is 5.83. The van der Waals surface area contributed by atoms with E-state index in [0.717, 1.165) is 31.1 Å². The quantitative estimate of drug-likeness (QED) is 0.564. The Labute approximate surface area is 103 Å². The summed E-state index contributed by atoms with van der Waals surface area (Å²) in [6, 6.07) is 2.44. The van der Waals surface area contributed by atoms with E-state index >= 15 is 0 Å². The van der Waals surface area contributed by atoms with Crippen LogP contribution in [0.1, 0.15) is 12.0 Å². The maximum atomic E-state index is 13.5. The number of rotatable bonds is 1. The van der Waals surface area contributed by atoms with Crippen molar-refractivity contribution in [2.24, 2.45) is 0 Å². The molecule has 0 N–H and O–H groups in total. The Hall–Kier alpha value is -1.69. The molecular weight excluding hydrogens is 239 g/mol. The SMILES string of the molecule is CN1CCC2(Cc3cc([N+](=O)[O-])c(F)cc3O2)C1. The molecule has 1 fully saturated rings. The molecule has 0 amide bonds. The van der Waals surface area contributed by atoms with Crippen LogP contribution in [0.4, 0.5) is 10.1 Å². The van der Waals surface area contributed by atoms with Crippen molar-refractivity contribution < 1.29 is 14.1 Å². The number of hydrogen-bond acceptors (Lipinski definition) is 4. The van der Waals surface area contributed by atoms with E-state index in [9.17, 15) is 14.5 Å².